The van der Waals surface area contributed by atoms with Gasteiger partial charge in [-0.2, -0.15) is 0 Å². The van der Waals surface area contributed by atoms with Gasteiger partial charge in [0, 0.05) is 5.56 Å². The van der Waals surface area contributed by atoms with Crippen LogP contribution in [0.15, 0.2) is 60.6 Å². The van der Waals surface area contributed by atoms with Crippen molar-refractivity contribution >= 4 is 5.90 Å². The van der Waals surface area contributed by atoms with Crippen molar-refractivity contribution in [2.45, 2.75) is 18.4 Å². The van der Waals surface area contributed by atoms with Crippen LogP contribution in [0.2, 0.25) is 0 Å². The Labute approximate surface area is 102 Å². The molecule has 17 heavy (non-hydrogen) atoms. The van der Waals surface area contributed by atoms with E-state index in [-0.39, 0.29) is 5.54 Å². The molecule has 0 fully saturated rings. The molecule has 2 rings (SSSR count). The minimum Gasteiger partial charge on any atom is -0.475 e. The molecule has 2 heteroatoms. The van der Waals surface area contributed by atoms with Crippen LogP contribution in [0.3, 0.4) is 0 Å². The molecule has 0 atom stereocenters. The van der Waals surface area contributed by atoms with Crippen molar-refractivity contribution in [3.05, 3.63) is 61.2 Å². The van der Waals surface area contributed by atoms with Crippen LogP contribution in [0.5, 0.6) is 0 Å². The van der Waals surface area contributed by atoms with Gasteiger partial charge >= 0.3 is 0 Å². The molecule has 88 valence electrons. The average Bonchev–Trinajstić information content (AvgIpc) is 2.76. The Bertz CT molecular complexity index is 423. The second-order valence-electron chi connectivity index (χ2n) is 4.28. The fraction of sp³-hybridized carbons (Fsp3) is 0.267. The zero-order valence-electron chi connectivity index (χ0n) is 9.93. The molecule has 0 saturated carbocycles. The lowest BCUT2D eigenvalue weighted by Crippen LogP contribution is -2.26. The van der Waals surface area contributed by atoms with Crippen LogP contribution in [0.25, 0.3) is 0 Å². The van der Waals surface area contributed by atoms with Gasteiger partial charge in [0.25, 0.3) is 0 Å². The third-order valence-corrected chi connectivity index (χ3v) is 2.89. The molecule has 0 unspecified atom stereocenters. The monoisotopic (exact) mass is 227 g/mol. The van der Waals surface area contributed by atoms with Gasteiger partial charge in [0.15, 0.2) is 0 Å². The lowest BCUT2D eigenvalue weighted by Gasteiger charge is -2.19. The van der Waals surface area contributed by atoms with E-state index >= 15 is 0 Å². The number of rotatable bonds is 5. The number of benzene rings is 1. The van der Waals surface area contributed by atoms with Crippen molar-refractivity contribution in [1.82, 2.24) is 0 Å². The van der Waals surface area contributed by atoms with E-state index in [1.165, 1.54) is 0 Å². The van der Waals surface area contributed by atoms with Gasteiger partial charge in [-0.15, -0.1) is 13.2 Å². The van der Waals surface area contributed by atoms with Crippen LogP contribution in [0.1, 0.15) is 18.4 Å². The Hall–Kier alpha value is -1.83. The smallest absolute Gasteiger partial charge is 0.216 e. The van der Waals surface area contributed by atoms with E-state index in [1.807, 2.05) is 42.5 Å². The van der Waals surface area contributed by atoms with E-state index in [2.05, 4.69) is 13.2 Å². The minimum atomic E-state index is -0.200. The normalized spacial score (nSPS) is 17.1. The summed E-state index contributed by atoms with van der Waals surface area (Å²) in [4.78, 5) is 4.72. The predicted molar refractivity (Wildman–Crippen MR) is 71.3 cm³/mol. The third kappa shape index (κ3) is 2.47. The number of ether oxygens (including phenoxy) is 1. The summed E-state index contributed by atoms with van der Waals surface area (Å²) in [6.07, 6.45) is 5.42. The van der Waals surface area contributed by atoms with Gasteiger partial charge in [0.05, 0.1) is 0 Å². The zero-order valence-corrected chi connectivity index (χ0v) is 9.93. The highest BCUT2D eigenvalue weighted by atomic mass is 16.5. The van der Waals surface area contributed by atoms with Gasteiger partial charge in [-0.25, -0.2) is 4.99 Å². The summed E-state index contributed by atoms with van der Waals surface area (Å²) < 4.78 is 5.71. The standard InChI is InChI=1S/C15H17NO/c1-3-10-15(11-4-2)12-17-14(16-15)13-8-6-5-7-9-13/h3-9H,1-2,10-12H2. The molecule has 0 bridgehead atoms. The Kier molecular flexibility index (Phi) is 3.43. The van der Waals surface area contributed by atoms with E-state index in [0.29, 0.717) is 6.61 Å². The fourth-order valence-electron chi connectivity index (χ4n) is 2.04. The molecule has 1 aliphatic heterocycles. The zero-order chi connectivity index (χ0) is 12.1. The number of aliphatic imine (C=N–C) groups is 1. The maximum Gasteiger partial charge on any atom is 0.216 e. The highest BCUT2D eigenvalue weighted by Gasteiger charge is 2.34. The molecule has 1 heterocycles. The minimum absolute atomic E-state index is 0.200. The lowest BCUT2D eigenvalue weighted by molar-refractivity contribution is 0.256. The molecule has 0 amide bonds. The molecule has 1 aliphatic rings. The van der Waals surface area contributed by atoms with Gasteiger partial charge in [0.1, 0.15) is 12.1 Å². The van der Waals surface area contributed by atoms with Crippen molar-refractivity contribution in [3.63, 3.8) is 0 Å². The van der Waals surface area contributed by atoms with E-state index in [9.17, 15) is 0 Å². The van der Waals surface area contributed by atoms with Gasteiger partial charge in [-0.3, -0.25) is 0 Å². The molecule has 0 aromatic heterocycles. The average molecular weight is 227 g/mol. The summed E-state index contributed by atoms with van der Waals surface area (Å²) in [5.74, 6) is 0.731. The van der Waals surface area contributed by atoms with Crippen molar-refractivity contribution in [1.29, 1.82) is 0 Å². The molecule has 1 aromatic carbocycles. The third-order valence-electron chi connectivity index (χ3n) is 2.89. The van der Waals surface area contributed by atoms with Gasteiger partial charge in [-0.1, -0.05) is 30.4 Å². The molecule has 0 radical (unpaired) electrons. The second kappa shape index (κ2) is 5.00. The first-order valence-electron chi connectivity index (χ1n) is 5.79. The van der Waals surface area contributed by atoms with Crippen molar-refractivity contribution in [2.75, 3.05) is 6.61 Å². The lowest BCUT2D eigenvalue weighted by atomic mass is 9.93. The largest absolute Gasteiger partial charge is 0.475 e. The molecular weight excluding hydrogens is 210 g/mol. The van der Waals surface area contributed by atoms with Crippen LogP contribution < -0.4 is 0 Å². The summed E-state index contributed by atoms with van der Waals surface area (Å²) >= 11 is 0. The highest BCUT2D eigenvalue weighted by Crippen LogP contribution is 2.29. The summed E-state index contributed by atoms with van der Waals surface area (Å²) in [6, 6.07) is 9.98. The first-order chi connectivity index (χ1) is 8.29. The SMILES string of the molecule is C=CCC1(CC=C)COC(c2ccccc2)=N1. The molecule has 0 saturated heterocycles. The second-order valence-corrected chi connectivity index (χ2v) is 4.28. The Morgan fingerprint density at radius 3 is 2.41 bits per heavy atom. The Morgan fingerprint density at radius 1 is 1.18 bits per heavy atom. The molecule has 0 spiro atoms. The maximum atomic E-state index is 5.71. The molecule has 2 nitrogen and oxygen atoms in total. The van der Waals surface area contributed by atoms with Crippen LogP contribution >= 0.6 is 0 Å². The van der Waals surface area contributed by atoms with Crippen molar-refractivity contribution < 1.29 is 4.74 Å². The molecule has 0 aliphatic carbocycles. The van der Waals surface area contributed by atoms with Crippen LogP contribution in [-0.4, -0.2) is 18.0 Å². The van der Waals surface area contributed by atoms with E-state index in [0.717, 1.165) is 24.3 Å². The number of nitrogens with zero attached hydrogens (tertiary/aromatic N) is 1. The van der Waals surface area contributed by atoms with Gasteiger partial charge in [0.2, 0.25) is 5.90 Å². The Morgan fingerprint density at radius 2 is 1.82 bits per heavy atom. The van der Waals surface area contributed by atoms with Crippen LogP contribution in [0, 0.1) is 0 Å². The van der Waals surface area contributed by atoms with Crippen LogP contribution in [-0.2, 0) is 4.74 Å². The summed E-state index contributed by atoms with van der Waals surface area (Å²) in [5, 5.41) is 0. The van der Waals surface area contributed by atoms with Crippen LogP contribution in [0.4, 0.5) is 0 Å². The van der Waals surface area contributed by atoms with Gasteiger partial charge in [-0.05, 0) is 25.0 Å². The summed E-state index contributed by atoms with van der Waals surface area (Å²) in [5.41, 5.74) is 0.830. The van der Waals surface area contributed by atoms with Crippen molar-refractivity contribution in [2.24, 2.45) is 4.99 Å². The highest BCUT2D eigenvalue weighted by molar-refractivity contribution is 5.95. The molecule has 1 aromatic rings. The van der Waals surface area contributed by atoms with E-state index in [1.54, 1.807) is 0 Å². The Balaban J connectivity index is 2.27. The fourth-order valence-corrected chi connectivity index (χ4v) is 2.04. The van der Waals surface area contributed by atoms with Crippen molar-refractivity contribution in [3.8, 4) is 0 Å². The van der Waals surface area contributed by atoms with E-state index in [4.69, 9.17) is 9.73 Å². The predicted octanol–water partition coefficient (Wildman–Crippen LogP) is 3.35. The first kappa shape index (κ1) is 11.6. The quantitative estimate of drug-likeness (QED) is 0.707. The summed E-state index contributed by atoms with van der Waals surface area (Å²) in [6.45, 7) is 8.19. The number of hydrogen-bond acceptors (Lipinski definition) is 2. The molecular formula is C15H17NO. The maximum absolute atomic E-state index is 5.71. The first-order valence-corrected chi connectivity index (χ1v) is 5.79. The number of hydrogen-bond donors (Lipinski definition) is 0. The van der Waals surface area contributed by atoms with E-state index < -0.39 is 0 Å². The topological polar surface area (TPSA) is 21.6 Å². The van der Waals surface area contributed by atoms with Gasteiger partial charge < -0.3 is 4.74 Å². The summed E-state index contributed by atoms with van der Waals surface area (Å²) in [7, 11) is 0. The molecule has 0 N–H and O–H groups in total.